The van der Waals surface area contributed by atoms with Crippen LogP contribution in [0.3, 0.4) is 0 Å². The molecule has 3 aromatic heterocycles. The summed E-state index contributed by atoms with van der Waals surface area (Å²) in [6.45, 7) is 4.09. The molecule has 0 aliphatic carbocycles. The van der Waals surface area contributed by atoms with Gasteiger partial charge >= 0.3 is 5.69 Å². The molecule has 0 amide bonds. The van der Waals surface area contributed by atoms with Gasteiger partial charge in [0.15, 0.2) is 5.75 Å². The Morgan fingerprint density at radius 3 is 2.46 bits per heavy atom. The third-order valence-corrected chi connectivity index (χ3v) is 6.87. The Morgan fingerprint density at radius 2 is 1.77 bits per heavy atom. The number of hydrogen-bond donors (Lipinski definition) is 2. The van der Waals surface area contributed by atoms with Crippen LogP contribution in [0, 0.1) is 13.8 Å². The molecule has 5 rings (SSSR count). The first kappa shape index (κ1) is 23.1. The van der Waals surface area contributed by atoms with Gasteiger partial charge in [0, 0.05) is 10.3 Å². The van der Waals surface area contributed by atoms with E-state index >= 15 is 0 Å². The highest BCUT2D eigenvalue weighted by molar-refractivity contribution is 7.15. The smallest absolute Gasteiger partial charge is 0.349 e. The number of aryl methyl sites for hydroxylation is 2. The number of aromatic nitrogens is 4. The van der Waals surface area contributed by atoms with Crippen LogP contribution in [0.15, 0.2) is 58.1 Å². The molecule has 0 saturated heterocycles. The van der Waals surface area contributed by atoms with Gasteiger partial charge in [-0.1, -0.05) is 23.2 Å². The van der Waals surface area contributed by atoms with Crippen molar-refractivity contribution in [2.75, 3.05) is 5.73 Å². The Hall–Kier alpha value is -3.66. The van der Waals surface area contributed by atoms with Crippen molar-refractivity contribution in [1.82, 2.24) is 19.7 Å². The summed E-state index contributed by atoms with van der Waals surface area (Å²) in [4.78, 5) is 32.8. The fourth-order valence-electron chi connectivity index (χ4n) is 3.61. The minimum atomic E-state index is -0.778. The van der Waals surface area contributed by atoms with Crippen molar-refractivity contribution in [3.63, 3.8) is 0 Å². The lowest BCUT2D eigenvalue weighted by molar-refractivity contribution is 0.483. The molecule has 0 radical (unpaired) electrons. The summed E-state index contributed by atoms with van der Waals surface area (Å²) in [5.74, 6) is 0.357. The summed E-state index contributed by atoms with van der Waals surface area (Å²) in [6, 6.07) is 14.6. The SMILES string of the molecule is Cc1ccc(-c2cc(C)c3cc(Oc4c(Cl)cc(-n5nc(N)c(=O)[nH]c5=O)cc4Cl)ccc3n2)s1. The number of ether oxygens (including phenoxy) is 1. The molecule has 0 aliphatic rings. The van der Waals surface area contributed by atoms with Gasteiger partial charge in [-0.25, -0.2) is 9.78 Å². The molecular formula is C24H17Cl2N5O3S. The van der Waals surface area contributed by atoms with Crippen molar-refractivity contribution < 1.29 is 4.74 Å². The Bertz CT molecular complexity index is 1720. The summed E-state index contributed by atoms with van der Waals surface area (Å²) in [7, 11) is 0. The summed E-state index contributed by atoms with van der Waals surface area (Å²) >= 11 is 14.6. The number of benzene rings is 2. The number of nitrogen functional groups attached to an aromatic ring is 1. The Morgan fingerprint density at radius 1 is 1.03 bits per heavy atom. The molecule has 0 atom stereocenters. The zero-order valence-electron chi connectivity index (χ0n) is 18.4. The van der Waals surface area contributed by atoms with Crippen LogP contribution in [0.2, 0.25) is 10.0 Å². The van der Waals surface area contributed by atoms with Gasteiger partial charge in [-0.15, -0.1) is 16.4 Å². The van der Waals surface area contributed by atoms with Crippen molar-refractivity contribution in [3.8, 4) is 27.8 Å². The summed E-state index contributed by atoms with van der Waals surface area (Å²) in [5, 5.41) is 5.01. The van der Waals surface area contributed by atoms with Crippen LogP contribution in [0.1, 0.15) is 10.4 Å². The van der Waals surface area contributed by atoms with Crippen molar-refractivity contribution in [3.05, 3.63) is 89.9 Å². The van der Waals surface area contributed by atoms with E-state index in [0.717, 1.165) is 31.7 Å². The fourth-order valence-corrected chi connectivity index (χ4v) is 4.99. The molecule has 3 N–H and O–H groups in total. The third-order valence-electron chi connectivity index (χ3n) is 5.28. The van der Waals surface area contributed by atoms with Gasteiger partial charge < -0.3 is 10.5 Å². The van der Waals surface area contributed by atoms with Gasteiger partial charge in [0.25, 0.3) is 5.56 Å². The van der Waals surface area contributed by atoms with E-state index in [-0.39, 0.29) is 27.3 Å². The van der Waals surface area contributed by atoms with Gasteiger partial charge in [-0.05, 0) is 67.9 Å². The lowest BCUT2D eigenvalue weighted by Gasteiger charge is -2.13. The molecule has 0 unspecified atom stereocenters. The molecule has 176 valence electrons. The molecule has 0 saturated carbocycles. The molecule has 0 bridgehead atoms. The Labute approximate surface area is 212 Å². The maximum atomic E-state index is 12.1. The number of aromatic amines is 1. The molecule has 0 spiro atoms. The molecule has 35 heavy (non-hydrogen) atoms. The second-order valence-corrected chi connectivity index (χ2v) is 9.91. The second kappa shape index (κ2) is 8.84. The van der Waals surface area contributed by atoms with Crippen molar-refractivity contribution in [1.29, 1.82) is 0 Å². The Balaban J connectivity index is 1.50. The van der Waals surface area contributed by atoms with Crippen LogP contribution in [-0.2, 0) is 0 Å². The van der Waals surface area contributed by atoms with E-state index in [2.05, 4.69) is 29.1 Å². The summed E-state index contributed by atoms with van der Waals surface area (Å²) < 4.78 is 6.90. The zero-order valence-corrected chi connectivity index (χ0v) is 20.8. The van der Waals surface area contributed by atoms with Gasteiger partial charge in [0.1, 0.15) is 5.75 Å². The van der Waals surface area contributed by atoms with Crippen LogP contribution in [-0.4, -0.2) is 19.7 Å². The maximum absolute atomic E-state index is 12.1. The number of anilines is 1. The van der Waals surface area contributed by atoms with Gasteiger partial charge in [-0.2, -0.15) is 4.68 Å². The number of nitrogens with two attached hydrogens (primary N) is 1. The van der Waals surface area contributed by atoms with Crippen LogP contribution < -0.4 is 21.7 Å². The predicted octanol–water partition coefficient (Wildman–Crippen LogP) is 5.50. The number of fused-ring (bicyclic) bond motifs is 1. The number of nitrogens with zero attached hydrogens (tertiary/aromatic N) is 3. The third kappa shape index (κ3) is 4.41. The Kier molecular flexibility index (Phi) is 5.84. The molecule has 0 aliphatic heterocycles. The number of pyridine rings is 1. The number of rotatable bonds is 4. The van der Waals surface area contributed by atoms with Gasteiger partial charge in [-0.3, -0.25) is 9.78 Å². The lowest BCUT2D eigenvalue weighted by atomic mass is 10.1. The topological polar surface area (TPSA) is 116 Å². The monoisotopic (exact) mass is 525 g/mol. The average molecular weight is 526 g/mol. The predicted molar refractivity (Wildman–Crippen MR) is 139 cm³/mol. The van der Waals surface area contributed by atoms with Crippen LogP contribution >= 0.6 is 34.5 Å². The van der Waals surface area contributed by atoms with Crippen molar-refractivity contribution in [2.45, 2.75) is 13.8 Å². The summed E-state index contributed by atoms with van der Waals surface area (Å²) in [6.07, 6.45) is 0. The van der Waals surface area contributed by atoms with Gasteiger partial charge in [0.05, 0.1) is 31.8 Å². The first-order valence-electron chi connectivity index (χ1n) is 10.3. The number of halogens is 2. The second-order valence-electron chi connectivity index (χ2n) is 7.81. The van der Waals surface area contributed by atoms with E-state index < -0.39 is 11.2 Å². The van der Waals surface area contributed by atoms with E-state index in [1.54, 1.807) is 17.4 Å². The van der Waals surface area contributed by atoms with Gasteiger partial charge in [0.2, 0.25) is 5.82 Å². The number of nitrogens with one attached hydrogen (secondary N) is 1. The van der Waals surface area contributed by atoms with Crippen LogP contribution in [0.25, 0.3) is 27.2 Å². The molecule has 11 heteroatoms. The largest absolute Gasteiger partial charge is 0.454 e. The van der Waals surface area contributed by atoms with E-state index in [4.69, 9.17) is 38.7 Å². The van der Waals surface area contributed by atoms with E-state index in [1.807, 2.05) is 25.1 Å². The van der Waals surface area contributed by atoms with Crippen molar-refractivity contribution in [2.24, 2.45) is 0 Å². The van der Waals surface area contributed by atoms with E-state index in [1.165, 1.54) is 17.0 Å². The quantitative estimate of drug-likeness (QED) is 0.320. The van der Waals surface area contributed by atoms with E-state index in [9.17, 15) is 9.59 Å². The zero-order chi connectivity index (χ0) is 24.9. The van der Waals surface area contributed by atoms with Crippen molar-refractivity contribution >= 4 is 51.3 Å². The highest BCUT2D eigenvalue weighted by Crippen LogP contribution is 2.39. The van der Waals surface area contributed by atoms with Crippen LogP contribution in [0.5, 0.6) is 11.5 Å². The molecule has 5 aromatic rings. The number of hydrogen-bond acceptors (Lipinski definition) is 7. The standard InChI is InChI=1S/C24H17Cl2N5O3S/c1-11-7-19(20-6-3-12(2)35-20)28-18-5-4-14(10-15(11)18)34-21-16(25)8-13(9-17(21)26)31-24(33)29-23(32)22(27)30-31/h3-10H,1-2H3,(H2,27,30)(H,29,32,33). The first-order chi connectivity index (χ1) is 16.7. The normalized spacial score (nSPS) is 11.2. The number of H-pyrrole nitrogens is 1. The molecular weight excluding hydrogens is 509 g/mol. The molecule has 2 aromatic carbocycles. The lowest BCUT2D eigenvalue weighted by Crippen LogP contribution is -2.33. The highest BCUT2D eigenvalue weighted by Gasteiger charge is 2.15. The average Bonchev–Trinajstić information content (AvgIpc) is 3.25. The fraction of sp³-hybridized carbons (Fsp3) is 0.0833. The number of thiophene rings is 1. The highest BCUT2D eigenvalue weighted by atomic mass is 35.5. The molecule has 8 nitrogen and oxygen atoms in total. The van der Waals surface area contributed by atoms with E-state index in [0.29, 0.717) is 5.75 Å². The maximum Gasteiger partial charge on any atom is 0.349 e. The summed E-state index contributed by atoms with van der Waals surface area (Å²) in [5.41, 5.74) is 7.01. The minimum Gasteiger partial charge on any atom is -0.454 e. The molecule has 0 fully saturated rings. The first-order valence-corrected chi connectivity index (χ1v) is 11.9. The molecule has 3 heterocycles. The minimum absolute atomic E-state index is 0.143. The van der Waals surface area contributed by atoms with Crippen LogP contribution in [0.4, 0.5) is 5.82 Å².